The van der Waals surface area contributed by atoms with E-state index in [1.54, 1.807) is 35.5 Å². The molecule has 3 aromatic heterocycles. The molecular formula is C24H24F2N6O3. The van der Waals surface area contributed by atoms with Gasteiger partial charge in [0, 0.05) is 49.0 Å². The van der Waals surface area contributed by atoms with Crippen LogP contribution in [0.25, 0.3) is 21.9 Å². The van der Waals surface area contributed by atoms with E-state index in [1.165, 1.54) is 7.11 Å². The molecule has 35 heavy (non-hydrogen) atoms. The van der Waals surface area contributed by atoms with Gasteiger partial charge in [-0.1, -0.05) is 0 Å². The molecule has 0 atom stereocenters. The van der Waals surface area contributed by atoms with Crippen molar-refractivity contribution < 1.29 is 23.1 Å². The van der Waals surface area contributed by atoms with Crippen molar-refractivity contribution in [2.75, 3.05) is 25.5 Å². The first-order valence-electron chi connectivity index (χ1n) is 11.2. The van der Waals surface area contributed by atoms with Crippen molar-refractivity contribution >= 4 is 33.7 Å². The number of ether oxygens (including phenoxy) is 1. The molecule has 9 nitrogen and oxygen atoms in total. The lowest BCUT2D eigenvalue weighted by Crippen LogP contribution is -2.43. The van der Waals surface area contributed by atoms with E-state index in [2.05, 4.69) is 25.6 Å². The summed E-state index contributed by atoms with van der Waals surface area (Å²) in [5, 5.41) is 7.97. The average Bonchev–Trinajstić information content (AvgIpc) is 3.32. The first-order chi connectivity index (χ1) is 17.0. The Balaban J connectivity index is 1.12. The minimum absolute atomic E-state index is 0.173. The Labute approximate surface area is 199 Å². The molecule has 0 aliphatic carbocycles. The second kappa shape index (κ2) is 9.80. The fraction of sp³-hybridized carbons (Fsp3) is 0.292. The third-order valence-corrected chi connectivity index (χ3v) is 6.00. The minimum atomic E-state index is -0.615. The maximum absolute atomic E-state index is 13.9. The molecule has 3 N–H and O–H groups in total. The van der Waals surface area contributed by atoms with E-state index >= 15 is 0 Å². The Morgan fingerprint density at radius 2 is 1.97 bits per heavy atom. The van der Waals surface area contributed by atoms with Gasteiger partial charge >= 0.3 is 6.09 Å². The predicted octanol–water partition coefficient (Wildman–Crippen LogP) is 4.12. The largest absolute Gasteiger partial charge is 0.481 e. The zero-order valence-electron chi connectivity index (χ0n) is 19.0. The molecule has 4 heterocycles. The summed E-state index contributed by atoms with van der Waals surface area (Å²) in [4.78, 5) is 29.5. The van der Waals surface area contributed by atoms with Crippen LogP contribution in [0.5, 0.6) is 5.88 Å². The van der Waals surface area contributed by atoms with Gasteiger partial charge in [0.2, 0.25) is 5.88 Å². The Morgan fingerprint density at radius 3 is 2.74 bits per heavy atom. The summed E-state index contributed by atoms with van der Waals surface area (Å²) in [5.41, 5.74) is 2.48. The fourth-order valence-electron chi connectivity index (χ4n) is 4.18. The smallest absolute Gasteiger partial charge is 0.430 e. The van der Waals surface area contributed by atoms with Gasteiger partial charge in [-0.3, -0.25) is 10.3 Å². The molecule has 1 fully saturated rings. The summed E-state index contributed by atoms with van der Waals surface area (Å²) in [7, 11) is 1.52. The molecule has 0 bridgehead atoms. The lowest BCUT2D eigenvalue weighted by Gasteiger charge is -2.30. The number of benzene rings is 1. The molecule has 4 aromatic rings. The van der Waals surface area contributed by atoms with Gasteiger partial charge in [0.05, 0.1) is 23.8 Å². The predicted molar refractivity (Wildman–Crippen MR) is 126 cm³/mol. The number of hydrogen-bond donors (Lipinski definition) is 3. The quantitative estimate of drug-likeness (QED) is 0.380. The standard InChI is InChI=1S/C24H24F2N6O3/c1-34-21-5-4-19-23(31-21)20(6-9-27-19)30-24(33)35-32-10-7-14(8-11-32)28-13-15-12-16-17(25)2-3-18(26)22(16)29-15/h2-6,9,12,14,28-29H,7-8,10-11,13H2,1H3,(H,27,30,33). The van der Waals surface area contributed by atoms with Gasteiger partial charge in [-0.15, -0.1) is 5.06 Å². The second-order valence-corrected chi connectivity index (χ2v) is 8.28. The normalized spacial score (nSPS) is 14.9. The summed E-state index contributed by atoms with van der Waals surface area (Å²) in [5.74, 6) is -0.521. The number of nitrogens with one attached hydrogen (secondary N) is 3. The number of pyridine rings is 2. The van der Waals surface area contributed by atoms with Gasteiger partial charge < -0.3 is 19.9 Å². The number of nitrogens with zero attached hydrogens (tertiary/aromatic N) is 3. The monoisotopic (exact) mass is 482 g/mol. The van der Waals surface area contributed by atoms with Crippen molar-refractivity contribution in [3.8, 4) is 5.88 Å². The van der Waals surface area contributed by atoms with Crippen LogP contribution in [-0.4, -0.2) is 52.3 Å². The molecule has 1 amide bonds. The molecule has 182 valence electrons. The van der Waals surface area contributed by atoms with Crippen molar-refractivity contribution in [3.63, 3.8) is 0 Å². The van der Waals surface area contributed by atoms with Gasteiger partial charge in [0.1, 0.15) is 17.2 Å². The van der Waals surface area contributed by atoms with E-state index < -0.39 is 17.7 Å². The lowest BCUT2D eigenvalue weighted by molar-refractivity contribution is -0.109. The number of carbonyl (C=O) groups is 1. The first kappa shape index (κ1) is 22.9. The Bertz CT molecular complexity index is 1330. The van der Waals surface area contributed by atoms with Crippen molar-refractivity contribution in [2.24, 2.45) is 0 Å². The van der Waals surface area contributed by atoms with E-state index in [0.29, 0.717) is 47.9 Å². The number of hydroxylamine groups is 2. The molecule has 1 aromatic carbocycles. The summed E-state index contributed by atoms with van der Waals surface area (Å²) in [6.45, 7) is 1.54. The average molecular weight is 482 g/mol. The van der Waals surface area contributed by atoms with Crippen molar-refractivity contribution in [2.45, 2.75) is 25.4 Å². The van der Waals surface area contributed by atoms with Crippen LogP contribution >= 0.6 is 0 Å². The number of rotatable bonds is 6. The molecular weight excluding hydrogens is 458 g/mol. The summed E-state index contributed by atoms with van der Waals surface area (Å²) in [6.07, 6.45) is 2.45. The van der Waals surface area contributed by atoms with Crippen LogP contribution in [0.3, 0.4) is 0 Å². The van der Waals surface area contributed by atoms with Crippen molar-refractivity contribution in [3.05, 3.63) is 59.9 Å². The molecule has 0 radical (unpaired) electrons. The minimum Gasteiger partial charge on any atom is -0.481 e. The number of anilines is 1. The van der Waals surface area contributed by atoms with Gasteiger partial charge in [0.25, 0.3) is 0 Å². The van der Waals surface area contributed by atoms with Gasteiger partial charge in [0.15, 0.2) is 0 Å². The zero-order chi connectivity index (χ0) is 24.4. The molecule has 11 heteroatoms. The number of halogens is 2. The van der Waals surface area contributed by atoms with E-state index in [9.17, 15) is 13.6 Å². The van der Waals surface area contributed by atoms with Gasteiger partial charge in [-0.2, -0.15) is 0 Å². The Kier molecular flexibility index (Phi) is 6.43. The third-order valence-electron chi connectivity index (χ3n) is 6.00. The van der Waals surface area contributed by atoms with Crippen LogP contribution in [0.15, 0.2) is 42.6 Å². The van der Waals surface area contributed by atoms with E-state index in [-0.39, 0.29) is 16.9 Å². The summed E-state index contributed by atoms with van der Waals surface area (Å²) >= 11 is 0. The number of hydrogen-bond acceptors (Lipinski definition) is 7. The highest BCUT2D eigenvalue weighted by atomic mass is 19.1. The van der Waals surface area contributed by atoms with Gasteiger partial charge in [-0.05, 0) is 43.2 Å². The number of aromatic amines is 1. The molecule has 0 saturated carbocycles. The molecule has 1 aliphatic rings. The number of fused-ring (bicyclic) bond motifs is 2. The number of amides is 1. The number of piperidine rings is 1. The SMILES string of the molecule is COc1ccc2nccc(NC(=O)ON3CCC(NCc4cc5c(F)ccc(F)c5[nH]4)CC3)c2n1. The molecule has 0 spiro atoms. The highest BCUT2D eigenvalue weighted by Crippen LogP contribution is 2.24. The number of aromatic nitrogens is 3. The molecule has 1 saturated heterocycles. The highest BCUT2D eigenvalue weighted by Gasteiger charge is 2.22. The fourth-order valence-corrected chi connectivity index (χ4v) is 4.18. The summed E-state index contributed by atoms with van der Waals surface area (Å²) < 4.78 is 32.9. The Hall–Kier alpha value is -3.83. The number of carbonyl (C=O) groups excluding carboxylic acids is 1. The first-order valence-corrected chi connectivity index (χ1v) is 11.2. The van der Waals surface area contributed by atoms with Crippen LogP contribution < -0.4 is 15.4 Å². The van der Waals surface area contributed by atoms with Crippen LogP contribution in [0.2, 0.25) is 0 Å². The maximum atomic E-state index is 13.9. The second-order valence-electron chi connectivity index (χ2n) is 8.28. The lowest BCUT2D eigenvalue weighted by atomic mass is 10.1. The third kappa shape index (κ3) is 5.00. The van der Waals surface area contributed by atoms with Crippen LogP contribution in [0.1, 0.15) is 18.5 Å². The number of H-pyrrole nitrogens is 1. The molecule has 0 unspecified atom stereocenters. The van der Waals surface area contributed by atoms with E-state index in [4.69, 9.17) is 9.57 Å². The molecule has 5 rings (SSSR count). The number of methoxy groups -OCH3 is 1. The van der Waals surface area contributed by atoms with Crippen LogP contribution in [0, 0.1) is 11.6 Å². The van der Waals surface area contributed by atoms with E-state index in [1.807, 2.05) is 0 Å². The van der Waals surface area contributed by atoms with Gasteiger partial charge in [-0.25, -0.2) is 18.6 Å². The summed E-state index contributed by atoms with van der Waals surface area (Å²) in [6, 6.07) is 9.15. The highest BCUT2D eigenvalue weighted by molar-refractivity contribution is 5.96. The maximum Gasteiger partial charge on any atom is 0.430 e. The van der Waals surface area contributed by atoms with Crippen molar-refractivity contribution in [1.82, 2.24) is 25.3 Å². The zero-order valence-corrected chi connectivity index (χ0v) is 19.0. The van der Waals surface area contributed by atoms with Crippen molar-refractivity contribution in [1.29, 1.82) is 0 Å². The topological polar surface area (TPSA) is 104 Å². The molecule has 1 aliphatic heterocycles. The van der Waals surface area contributed by atoms with Crippen LogP contribution in [0.4, 0.5) is 19.3 Å². The Morgan fingerprint density at radius 1 is 1.17 bits per heavy atom. The van der Waals surface area contributed by atoms with E-state index in [0.717, 1.165) is 25.0 Å². The van der Waals surface area contributed by atoms with Crippen LogP contribution in [-0.2, 0) is 11.4 Å².